The molecule has 5 rings (SSSR count). The highest BCUT2D eigenvalue weighted by atomic mass is 16.5. The van der Waals surface area contributed by atoms with Crippen molar-refractivity contribution in [3.8, 4) is 17.0 Å². The Balaban J connectivity index is 1.28. The van der Waals surface area contributed by atoms with E-state index in [0.29, 0.717) is 0 Å². The number of pyridine rings is 1. The average molecular weight is 472 g/mol. The third kappa shape index (κ3) is 4.85. The second-order valence-electron chi connectivity index (χ2n) is 9.83. The lowest BCUT2D eigenvalue weighted by Gasteiger charge is -2.43. The summed E-state index contributed by atoms with van der Waals surface area (Å²) >= 11 is 0. The predicted octanol–water partition coefficient (Wildman–Crippen LogP) is 4.56. The number of anilines is 1. The first-order valence-electron chi connectivity index (χ1n) is 12.5. The zero-order chi connectivity index (χ0) is 24.3. The summed E-state index contributed by atoms with van der Waals surface area (Å²) in [6.07, 6.45) is 7.21. The fraction of sp³-hybridized carbons (Fsp3) is 0.429. The number of nitrogens with zero attached hydrogens (tertiary/aromatic N) is 5. The van der Waals surface area contributed by atoms with Crippen LogP contribution in [0, 0.1) is 5.41 Å². The average Bonchev–Trinajstić information content (AvgIpc) is 2.93. The number of piperidine rings is 2. The maximum atomic E-state index is 13.7. The lowest BCUT2D eigenvalue weighted by Crippen LogP contribution is -2.51. The number of ether oxygens (including phenoxy) is 1. The molecule has 7 nitrogen and oxygen atoms in total. The van der Waals surface area contributed by atoms with Crippen molar-refractivity contribution < 1.29 is 9.53 Å². The van der Waals surface area contributed by atoms with Gasteiger partial charge in [-0.1, -0.05) is 25.1 Å². The van der Waals surface area contributed by atoms with Gasteiger partial charge in [-0.3, -0.25) is 9.78 Å². The van der Waals surface area contributed by atoms with E-state index in [2.05, 4.69) is 38.8 Å². The van der Waals surface area contributed by atoms with E-state index in [1.807, 2.05) is 36.4 Å². The Labute approximate surface area is 207 Å². The van der Waals surface area contributed by atoms with E-state index in [-0.39, 0.29) is 17.2 Å². The fourth-order valence-corrected chi connectivity index (χ4v) is 5.34. The van der Waals surface area contributed by atoms with Crippen molar-refractivity contribution in [3.05, 3.63) is 66.6 Å². The molecule has 182 valence electrons. The van der Waals surface area contributed by atoms with E-state index in [1.54, 1.807) is 19.5 Å². The van der Waals surface area contributed by atoms with Crippen molar-refractivity contribution in [2.24, 2.45) is 5.41 Å². The maximum Gasteiger partial charge on any atom is 0.228 e. The molecule has 2 aliphatic rings. The van der Waals surface area contributed by atoms with Crippen LogP contribution in [-0.4, -0.2) is 59.0 Å². The van der Waals surface area contributed by atoms with Crippen molar-refractivity contribution in [3.63, 3.8) is 0 Å². The first kappa shape index (κ1) is 23.3. The summed E-state index contributed by atoms with van der Waals surface area (Å²) in [5, 5.41) is 0. The van der Waals surface area contributed by atoms with E-state index in [9.17, 15) is 4.79 Å². The topological polar surface area (TPSA) is 71.5 Å². The molecule has 4 heterocycles. The highest BCUT2D eigenvalue weighted by Crippen LogP contribution is 2.37. The molecular weight excluding hydrogens is 438 g/mol. The number of likely N-dealkylation sites (tertiary alicyclic amines) is 1. The molecule has 0 radical (unpaired) electrons. The third-order valence-electron chi connectivity index (χ3n) is 7.50. The van der Waals surface area contributed by atoms with Crippen molar-refractivity contribution in [2.45, 2.75) is 38.5 Å². The molecule has 1 aromatic carbocycles. The van der Waals surface area contributed by atoms with Gasteiger partial charge >= 0.3 is 0 Å². The van der Waals surface area contributed by atoms with Crippen molar-refractivity contribution in [2.75, 3.05) is 38.2 Å². The van der Waals surface area contributed by atoms with Gasteiger partial charge in [0.1, 0.15) is 5.75 Å². The molecule has 35 heavy (non-hydrogen) atoms. The van der Waals surface area contributed by atoms with Gasteiger partial charge in [0, 0.05) is 61.2 Å². The zero-order valence-corrected chi connectivity index (χ0v) is 20.6. The number of hydrogen-bond acceptors (Lipinski definition) is 6. The monoisotopic (exact) mass is 471 g/mol. The normalized spacial score (nSPS) is 19.9. The number of para-hydroxylation sites is 1. The molecule has 7 heteroatoms. The van der Waals surface area contributed by atoms with E-state index in [0.717, 1.165) is 80.5 Å². The number of carbonyl (C=O) groups excluding carboxylic acids is 1. The predicted molar refractivity (Wildman–Crippen MR) is 136 cm³/mol. The summed E-state index contributed by atoms with van der Waals surface area (Å²) in [4.78, 5) is 31.7. The molecular formula is C28H33N5O2. The molecule has 0 spiro atoms. The molecule has 2 saturated heterocycles. The molecule has 1 amide bonds. The van der Waals surface area contributed by atoms with Gasteiger partial charge in [0.15, 0.2) is 0 Å². The van der Waals surface area contributed by atoms with Gasteiger partial charge in [-0.2, -0.15) is 0 Å². The number of aromatic nitrogens is 3. The lowest BCUT2D eigenvalue weighted by atomic mass is 9.78. The van der Waals surface area contributed by atoms with Gasteiger partial charge < -0.3 is 14.5 Å². The number of carbonyl (C=O) groups is 1. The van der Waals surface area contributed by atoms with Crippen molar-refractivity contribution in [1.29, 1.82) is 0 Å². The molecule has 0 bridgehead atoms. The van der Waals surface area contributed by atoms with Crippen LogP contribution in [0.3, 0.4) is 0 Å². The Bertz CT molecular complexity index is 1160. The second-order valence-corrected chi connectivity index (χ2v) is 9.83. The van der Waals surface area contributed by atoms with Crippen molar-refractivity contribution >= 4 is 11.9 Å². The standard InChI is InChI=1S/C28H33N5O2/c1-28(13-18-32(19-14-28)27-29-15-7-16-30-27)26(34)33-17-6-8-21(20-33)23-10-5-11-24(31-23)22-9-3-4-12-25(22)35-2/h3-5,7,9-12,15-16,21H,6,8,13-14,17-20H2,1-2H3/t21-/m1/s1. The summed E-state index contributed by atoms with van der Waals surface area (Å²) in [6, 6.07) is 16.0. The molecule has 0 unspecified atom stereocenters. The molecule has 0 saturated carbocycles. The minimum Gasteiger partial charge on any atom is -0.496 e. The second kappa shape index (κ2) is 10.0. The summed E-state index contributed by atoms with van der Waals surface area (Å²) in [5.74, 6) is 2.08. The molecule has 2 aliphatic heterocycles. The summed E-state index contributed by atoms with van der Waals surface area (Å²) in [7, 11) is 1.69. The minimum absolute atomic E-state index is 0.240. The lowest BCUT2D eigenvalue weighted by molar-refractivity contribution is -0.143. The van der Waals surface area contributed by atoms with Gasteiger partial charge in [-0.25, -0.2) is 9.97 Å². The van der Waals surface area contributed by atoms with Crippen LogP contribution in [0.15, 0.2) is 60.9 Å². The summed E-state index contributed by atoms with van der Waals surface area (Å²) in [6.45, 7) is 5.27. The highest BCUT2D eigenvalue weighted by molar-refractivity contribution is 5.83. The first-order valence-corrected chi connectivity index (χ1v) is 12.5. The van der Waals surface area contributed by atoms with E-state index >= 15 is 0 Å². The minimum atomic E-state index is -0.347. The molecule has 0 N–H and O–H groups in total. The van der Waals surface area contributed by atoms with Crippen LogP contribution < -0.4 is 9.64 Å². The Morgan fingerprint density at radius 3 is 2.54 bits per heavy atom. The van der Waals surface area contributed by atoms with Gasteiger partial charge in [0.2, 0.25) is 11.9 Å². The van der Waals surface area contributed by atoms with E-state index < -0.39 is 0 Å². The van der Waals surface area contributed by atoms with Gasteiger partial charge in [0.25, 0.3) is 0 Å². The maximum absolute atomic E-state index is 13.7. The molecule has 0 aliphatic carbocycles. The van der Waals surface area contributed by atoms with Gasteiger partial charge in [-0.05, 0) is 56.0 Å². The van der Waals surface area contributed by atoms with Crippen LogP contribution in [-0.2, 0) is 4.79 Å². The van der Waals surface area contributed by atoms with Crippen LogP contribution in [0.4, 0.5) is 5.95 Å². The summed E-state index contributed by atoms with van der Waals surface area (Å²) in [5.41, 5.74) is 2.60. The van der Waals surface area contributed by atoms with Crippen LogP contribution in [0.5, 0.6) is 5.75 Å². The van der Waals surface area contributed by atoms with E-state index in [4.69, 9.17) is 9.72 Å². The van der Waals surface area contributed by atoms with Gasteiger partial charge in [-0.15, -0.1) is 0 Å². The highest BCUT2D eigenvalue weighted by Gasteiger charge is 2.41. The Hall–Kier alpha value is -3.48. The van der Waals surface area contributed by atoms with Crippen molar-refractivity contribution in [1.82, 2.24) is 19.9 Å². The number of benzene rings is 1. The van der Waals surface area contributed by atoms with E-state index in [1.165, 1.54) is 0 Å². The molecule has 1 atom stereocenters. The quantitative estimate of drug-likeness (QED) is 0.543. The summed E-state index contributed by atoms with van der Waals surface area (Å²) < 4.78 is 5.54. The fourth-order valence-electron chi connectivity index (χ4n) is 5.34. The third-order valence-corrected chi connectivity index (χ3v) is 7.50. The Kier molecular flexibility index (Phi) is 6.66. The number of amides is 1. The Morgan fingerprint density at radius 1 is 1.00 bits per heavy atom. The van der Waals surface area contributed by atoms with Crippen LogP contribution >= 0.6 is 0 Å². The zero-order valence-electron chi connectivity index (χ0n) is 20.6. The van der Waals surface area contributed by atoms with Gasteiger partial charge in [0.05, 0.1) is 12.8 Å². The van der Waals surface area contributed by atoms with Crippen LogP contribution in [0.1, 0.15) is 44.2 Å². The largest absolute Gasteiger partial charge is 0.496 e. The number of hydrogen-bond donors (Lipinski definition) is 0. The smallest absolute Gasteiger partial charge is 0.228 e. The van der Waals surface area contributed by atoms with Crippen LogP contribution in [0.25, 0.3) is 11.3 Å². The molecule has 3 aromatic rings. The number of rotatable bonds is 5. The van der Waals surface area contributed by atoms with Crippen LogP contribution in [0.2, 0.25) is 0 Å². The number of methoxy groups -OCH3 is 1. The molecule has 2 fully saturated rings. The SMILES string of the molecule is COc1ccccc1-c1cccc([C@@H]2CCCN(C(=O)C3(C)CCN(c4ncccn4)CC3)C2)n1. The molecule has 2 aromatic heterocycles. The Morgan fingerprint density at radius 2 is 1.77 bits per heavy atom. The first-order chi connectivity index (χ1) is 17.1.